The molecule has 2 aromatic carbocycles. The van der Waals surface area contributed by atoms with Gasteiger partial charge in [-0.25, -0.2) is 12.8 Å². The highest BCUT2D eigenvalue weighted by Gasteiger charge is 2.39. The number of likely N-dealkylation sites (N-methyl/N-ethyl adjacent to an activating group) is 1. The minimum atomic E-state index is -3.98. The van der Waals surface area contributed by atoms with Crippen molar-refractivity contribution in [3.05, 3.63) is 48.3 Å². The molecule has 2 aromatic rings. The Hall–Kier alpha value is -2.53. The van der Waals surface area contributed by atoms with Gasteiger partial charge in [0.25, 0.3) is 0 Å². The molecule has 4 rings (SSSR count). The molecule has 3 atom stereocenters. The number of rotatable bonds is 6. The number of fused-ring (bicyclic) bond motifs is 1. The van der Waals surface area contributed by atoms with Crippen LogP contribution in [0.1, 0.15) is 26.7 Å². The third kappa shape index (κ3) is 5.98. The number of benzene rings is 2. The number of hydrogen-bond donors (Lipinski definition) is 1. The summed E-state index contributed by atoms with van der Waals surface area (Å²) < 4.78 is 53.9. The maximum atomic E-state index is 13.7. The number of hydrogen-bond acceptors (Lipinski definition) is 6. The second-order valence-electron chi connectivity index (χ2n) is 10.0. The van der Waals surface area contributed by atoms with Gasteiger partial charge in [0.05, 0.1) is 13.2 Å². The second-order valence-corrected chi connectivity index (χ2v) is 11.9. The van der Waals surface area contributed by atoms with Crippen LogP contribution in [0.2, 0.25) is 0 Å². The molecule has 1 amide bonds. The number of nitrogens with zero attached hydrogens (tertiary/aromatic N) is 2. The number of aliphatic hydroxyl groups is 1. The minimum absolute atomic E-state index is 0.00558. The molecule has 1 N–H and O–H groups in total. The van der Waals surface area contributed by atoms with Crippen molar-refractivity contribution in [2.45, 2.75) is 43.7 Å². The normalized spacial score (nSPS) is 23.3. The predicted molar refractivity (Wildman–Crippen MR) is 137 cm³/mol. The number of halogens is 1. The Morgan fingerprint density at radius 2 is 1.81 bits per heavy atom. The standard InChI is InChI=1S/C27H35FN2O6S/c1-18-15-30(19(2)17-31)37(33,34)26-9-6-22(20-4-7-23(28)8-5-20)14-24(26)36-25(18)16-29(3)27(32)21-10-12-35-13-11-21/h4-9,14,18-19,21,25,31H,10-13,15-17H2,1-3H3/t18-,19+,25+/m0/s1. The minimum Gasteiger partial charge on any atom is -0.487 e. The van der Waals surface area contributed by atoms with E-state index in [1.54, 1.807) is 43.1 Å². The summed E-state index contributed by atoms with van der Waals surface area (Å²) in [5, 5.41) is 9.83. The predicted octanol–water partition coefficient (Wildman–Crippen LogP) is 3.15. The topological polar surface area (TPSA) is 96.4 Å². The number of sulfonamides is 1. The van der Waals surface area contributed by atoms with Crippen LogP contribution in [0.4, 0.5) is 4.39 Å². The highest BCUT2D eigenvalue weighted by atomic mass is 32.2. The molecule has 2 heterocycles. The van der Waals surface area contributed by atoms with Crippen molar-refractivity contribution in [3.63, 3.8) is 0 Å². The highest BCUT2D eigenvalue weighted by Crippen LogP contribution is 2.36. The van der Waals surface area contributed by atoms with E-state index >= 15 is 0 Å². The van der Waals surface area contributed by atoms with Crippen molar-refractivity contribution >= 4 is 15.9 Å². The number of carbonyl (C=O) groups excluding carboxylic acids is 1. The Balaban J connectivity index is 1.71. The molecular weight excluding hydrogens is 499 g/mol. The Morgan fingerprint density at radius 1 is 1.16 bits per heavy atom. The molecule has 2 aliphatic rings. The summed E-state index contributed by atoms with van der Waals surface area (Å²) in [6.45, 7) is 4.75. The van der Waals surface area contributed by atoms with Crippen molar-refractivity contribution in [3.8, 4) is 16.9 Å². The molecule has 0 aliphatic carbocycles. The van der Waals surface area contributed by atoms with Crippen LogP contribution in [0.25, 0.3) is 11.1 Å². The smallest absolute Gasteiger partial charge is 0.247 e. The molecule has 37 heavy (non-hydrogen) atoms. The zero-order chi connectivity index (χ0) is 26.7. The van der Waals surface area contributed by atoms with E-state index in [1.165, 1.54) is 22.5 Å². The van der Waals surface area contributed by atoms with Gasteiger partial charge in [-0.1, -0.05) is 25.1 Å². The zero-order valence-electron chi connectivity index (χ0n) is 21.5. The lowest BCUT2D eigenvalue weighted by atomic mass is 9.97. The maximum Gasteiger partial charge on any atom is 0.247 e. The van der Waals surface area contributed by atoms with Crippen LogP contribution >= 0.6 is 0 Å². The van der Waals surface area contributed by atoms with E-state index in [0.717, 1.165) is 0 Å². The molecule has 202 valence electrons. The number of carbonyl (C=O) groups is 1. The second kappa shape index (κ2) is 11.5. The monoisotopic (exact) mass is 534 g/mol. The lowest BCUT2D eigenvalue weighted by Gasteiger charge is -2.38. The van der Waals surface area contributed by atoms with Gasteiger partial charge in [-0.3, -0.25) is 4.79 Å². The van der Waals surface area contributed by atoms with Crippen LogP contribution in [0.3, 0.4) is 0 Å². The molecular formula is C27H35FN2O6S. The van der Waals surface area contributed by atoms with Gasteiger partial charge >= 0.3 is 0 Å². The molecule has 0 spiro atoms. The third-order valence-electron chi connectivity index (χ3n) is 7.25. The molecule has 1 saturated heterocycles. The first-order chi connectivity index (χ1) is 17.6. The van der Waals surface area contributed by atoms with E-state index in [9.17, 15) is 22.7 Å². The van der Waals surface area contributed by atoms with Crippen molar-refractivity contribution in [1.82, 2.24) is 9.21 Å². The van der Waals surface area contributed by atoms with Crippen molar-refractivity contribution in [1.29, 1.82) is 0 Å². The fraction of sp³-hybridized carbons (Fsp3) is 0.519. The molecule has 2 aliphatic heterocycles. The maximum absolute atomic E-state index is 13.7. The van der Waals surface area contributed by atoms with Crippen LogP contribution < -0.4 is 4.74 Å². The number of aliphatic hydroxyl groups excluding tert-OH is 1. The van der Waals surface area contributed by atoms with Crippen molar-refractivity contribution < 1.29 is 32.2 Å². The average Bonchev–Trinajstić information content (AvgIpc) is 2.90. The van der Waals surface area contributed by atoms with Gasteiger partial charge in [-0.2, -0.15) is 4.31 Å². The lowest BCUT2D eigenvalue weighted by molar-refractivity contribution is -0.138. The van der Waals surface area contributed by atoms with Crippen molar-refractivity contribution in [2.24, 2.45) is 11.8 Å². The van der Waals surface area contributed by atoms with Crippen LogP contribution in [0.15, 0.2) is 47.4 Å². The first-order valence-electron chi connectivity index (χ1n) is 12.6. The van der Waals surface area contributed by atoms with Crippen molar-refractivity contribution in [2.75, 3.05) is 40.0 Å². The quantitative estimate of drug-likeness (QED) is 0.612. The van der Waals surface area contributed by atoms with E-state index in [4.69, 9.17) is 9.47 Å². The third-order valence-corrected chi connectivity index (χ3v) is 9.26. The van der Waals surface area contributed by atoms with Gasteiger partial charge in [-0.05, 0) is 55.2 Å². The van der Waals surface area contributed by atoms with E-state index < -0.39 is 22.2 Å². The summed E-state index contributed by atoms with van der Waals surface area (Å²) in [7, 11) is -2.24. The Kier molecular flexibility index (Phi) is 8.52. The van der Waals surface area contributed by atoms with Gasteiger partial charge in [0.15, 0.2) is 0 Å². The lowest BCUT2D eigenvalue weighted by Crippen LogP contribution is -2.50. The molecule has 1 fully saturated rings. The zero-order valence-corrected chi connectivity index (χ0v) is 22.3. The van der Waals surface area contributed by atoms with Crippen LogP contribution in [-0.4, -0.2) is 80.7 Å². The highest BCUT2D eigenvalue weighted by molar-refractivity contribution is 7.89. The first-order valence-corrected chi connectivity index (χ1v) is 14.1. The van der Waals surface area contributed by atoms with Gasteiger partial charge in [0.1, 0.15) is 22.6 Å². The van der Waals surface area contributed by atoms with Gasteiger partial charge < -0.3 is 19.5 Å². The number of ether oxygens (including phenoxy) is 2. The Bertz CT molecular complexity index is 1200. The molecule has 0 unspecified atom stereocenters. The molecule has 0 radical (unpaired) electrons. The van der Waals surface area contributed by atoms with E-state index in [0.29, 0.717) is 37.2 Å². The largest absolute Gasteiger partial charge is 0.487 e. The molecule has 0 aromatic heterocycles. The molecule has 0 bridgehead atoms. The molecule has 8 nitrogen and oxygen atoms in total. The van der Waals surface area contributed by atoms with Gasteiger partial charge in [0, 0.05) is 44.7 Å². The fourth-order valence-electron chi connectivity index (χ4n) is 4.88. The summed E-state index contributed by atoms with van der Waals surface area (Å²) in [6, 6.07) is 10.1. The summed E-state index contributed by atoms with van der Waals surface area (Å²) in [5.41, 5.74) is 1.39. The van der Waals surface area contributed by atoms with E-state index in [-0.39, 0.29) is 53.9 Å². The van der Waals surface area contributed by atoms with E-state index in [2.05, 4.69) is 0 Å². The first kappa shape index (κ1) is 27.5. The molecule has 10 heteroatoms. The van der Waals surface area contributed by atoms with Gasteiger partial charge in [0.2, 0.25) is 15.9 Å². The molecule has 0 saturated carbocycles. The van der Waals surface area contributed by atoms with E-state index in [1.807, 2.05) is 6.92 Å². The van der Waals surface area contributed by atoms with Crippen LogP contribution in [-0.2, 0) is 19.6 Å². The fourth-order valence-corrected chi connectivity index (χ4v) is 6.71. The summed E-state index contributed by atoms with van der Waals surface area (Å²) >= 11 is 0. The summed E-state index contributed by atoms with van der Waals surface area (Å²) in [4.78, 5) is 14.8. The van der Waals surface area contributed by atoms with Crippen LogP contribution in [0.5, 0.6) is 5.75 Å². The Morgan fingerprint density at radius 3 is 2.46 bits per heavy atom. The Labute approximate surface area is 218 Å². The van der Waals surface area contributed by atoms with Crippen LogP contribution in [0, 0.1) is 17.7 Å². The summed E-state index contributed by atoms with van der Waals surface area (Å²) in [6.07, 6.45) is 0.849. The average molecular weight is 535 g/mol. The number of amides is 1. The SMILES string of the molecule is C[C@H](CO)N1C[C@H](C)[C@@H](CN(C)C(=O)C2CCOCC2)Oc2cc(-c3ccc(F)cc3)ccc2S1(=O)=O. The van der Waals surface area contributed by atoms with Gasteiger partial charge in [-0.15, -0.1) is 0 Å². The summed E-state index contributed by atoms with van der Waals surface area (Å²) in [5.74, 6) is -0.564.